The normalized spacial score (nSPS) is 26.2. The topological polar surface area (TPSA) is 33.2 Å². The zero-order chi connectivity index (χ0) is 12.0. The van der Waals surface area contributed by atoms with Gasteiger partial charge in [-0.05, 0) is 36.8 Å². The van der Waals surface area contributed by atoms with E-state index in [1.165, 1.54) is 12.8 Å². The van der Waals surface area contributed by atoms with Crippen molar-refractivity contribution in [2.45, 2.75) is 38.6 Å². The van der Waals surface area contributed by atoms with Crippen molar-refractivity contribution in [1.29, 1.82) is 0 Å². The Morgan fingerprint density at radius 1 is 1.47 bits per heavy atom. The second-order valence-corrected chi connectivity index (χ2v) is 5.45. The number of rotatable bonds is 2. The molecule has 3 nitrogen and oxygen atoms in total. The van der Waals surface area contributed by atoms with E-state index in [0.29, 0.717) is 17.7 Å². The summed E-state index contributed by atoms with van der Waals surface area (Å²) in [5, 5.41) is 0. The number of piperidine rings is 1. The number of carbonyl (C=O) groups is 1. The summed E-state index contributed by atoms with van der Waals surface area (Å²) >= 11 is 0. The molecule has 1 aromatic rings. The fraction of sp³-hybridized carbons (Fsp3) is 0.571. The molecular formula is C14H18N2O. The number of hydrogen-bond acceptors (Lipinski definition) is 2. The molecule has 2 fully saturated rings. The van der Waals surface area contributed by atoms with Gasteiger partial charge in [0.2, 0.25) is 0 Å². The Kier molecular flexibility index (Phi) is 2.42. The zero-order valence-electron chi connectivity index (χ0n) is 10.4. The highest BCUT2D eigenvalue weighted by Crippen LogP contribution is 2.44. The molecule has 0 spiro atoms. The molecule has 2 atom stereocenters. The highest BCUT2D eigenvalue weighted by molar-refractivity contribution is 5.93. The minimum Gasteiger partial charge on any atom is -0.334 e. The van der Waals surface area contributed by atoms with E-state index in [0.717, 1.165) is 18.2 Å². The van der Waals surface area contributed by atoms with Crippen LogP contribution in [-0.4, -0.2) is 28.4 Å². The summed E-state index contributed by atoms with van der Waals surface area (Å²) in [4.78, 5) is 18.8. The Morgan fingerprint density at radius 2 is 2.29 bits per heavy atom. The van der Waals surface area contributed by atoms with E-state index >= 15 is 0 Å². The van der Waals surface area contributed by atoms with Gasteiger partial charge in [0, 0.05) is 18.3 Å². The van der Waals surface area contributed by atoms with Gasteiger partial charge in [0.25, 0.3) is 5.91 Å². The molecule has 1 saturated carbocycles. The largest absolute Gasteiger partial charge is 0.334 e. The van der Waals surface area contributed by atoms with Crippen LogP contribution >= 0.6 is 0 Å². The lowest BCUT2D eigenvalue weighted by Gasteiger charge is -2.18. The quantitative estimate of drug-likeness (QED) is 0.781. The van der Waals surface area contributed by atoms with Crippen molar-refractivity contribution in [3.8, 4) is 0 Å². The first kappa shape index (κ1) is 10.8. The molecule has 2 unspecified atom stereocenters. The standard InChI is InChI=1S/C14H18N2O/c1-9(2)11-4-3-5-12(15-11)14(17)16-7-6-10-8-13(10)16/h3-5,9-10,13H,6-8H2,1-2H3. The maximum atomic E-state index is 12.3. The fourth-order valence-corrected chi connectivity index (χ4v) is 2.69. The van der Waals surface area contributed by atoms with Crippen LogP contribution < -0.4 is 0 Å². The van der Waals surface area contributed by atoms with Crippen molar-refractivity contribution < 1.29 is 4.79 Å². The van der Waals surface area contributed by atoms with Crippen LogP contribution in [-0.2, 0) is 0 Å². The Morgan fingerprint density at radius 3 is 2.88 bits per heavy atom. The number of carbonyl (C=O) groups excluding carboxylic acids is 1. The van der Waals surface area contributed by atoms with Gasteiger partial charge in [-0.25, -0.2) is 4.98 Å². The molecule has 1 aromatic heterocycles. The van der Waals surface area contributed by atoms with Crippen molar-refractivity contribution in [2.24, 2.45) is 5.92 Å². The molecule has 17 heavy (non-hydrogen) atoms. The van der Waals surface area contributed by atoms with E-state index in [2.05, 4.69) is 18.8 Å². The van der Waals surface area contributed by atoms with E-state index < -0.39 is 0 Å². The summed E-state index contributed by atoms with van der Waals surface area (Å²) in [6, 6.07) is 6.29. The maximum absolute atomic E-state index is 12.3. The van der Waals surface area contributed by atoms with Gasteiger partial charge in [-0.1, -0.05) is 19.9 Å². The smallest absolute Gasteiger partial charge is 0.272 e. The molecule has 0 radical (unpaired) electrons. The number of amides is 1. The predicted molar refractivity (Wildman–Crippen MR) is 65.9 cm³/mol. The van der Waals surface area contributed by atoms with Gasteiger partial charge in [-0.15, -0.1) is 0 Å². The molecule has 1 aliphatic heterocycles. The van der Waals surface area contributed by atoms with Crippen molar-refractivity contribution >= 4 is 5.91 Å². The molecule has 1 amide bonds. The molecule has 3 heteroatoms. The van der Waals surface area contributed by atoms with Crippen LogP contribution in [0.1, 0.15) is 48.8 Å². The third kappa shape index (κ3) is 1.84. The first-order valence-corrected chi connectivity index (χ1v) is 6.44. The minimum absolute atomic E-state index is 0.123. The third-order valence-electron chi connectivity index (χ3n) is 3.87. The first-order chi connectivity index (χ1) is 8.16. The summed E-state index contributed by atoms with van der Waals surface area (Å²) in [5.41, 5.74) is 1.62. The van der Waals surface area contributed by atoms with E-state index in [-0.39, 0.29) is 5.91 Å². The van der Waals surface area contributed by atoms with Gasteiger partial charge in [-0.2, -0.15) is 0 Å². The number of hydrogen-bond donors (Lipinski definition) is 0. The summed E-state index contributed by atoms with van der Waals surface area (Å²) < 4.78 is 0. The second kappa shape index (κ2) is 3.83. The SMILES string of the molecule is CC(C)c1cccc(C(=O)N2CCC3CC32)n1. The van der Waals surface area contributed by atoms with Crippen LogP contribution in [0.2, 0.25) is 0 Å². The number of pyridine rings is 1. The Bertz CT molecular complexity index is 455. The number of fused-ring (bicyclic) bond motifs is 1. The molecule has 0 N–H and O–H groups in total. The molecule has 0 aromatic carbocycles. The lowest BCUT2D eigenvalue weighted by molar-refractivity contribution is 0.0762. The average molecular weight is 230 g/mol. The summed E-state index contributed by atoms with van der Waals surface area (Å²) in [6.07, 6.45) is 2.38. The minimum atomic E-state index is 0.123. The maximum Gasteiger partial charge on any atom is 0.272 e. The monoisotopic (exact) mass is 230 g/mol. The summed E-state index contributed by atoms with van der Waals surface area (Å²) in [6.45, 7) is 5.12. The van der Waals surface area contributed by atoms with E-state index in [1.54, 1.807) is 0 Å². The molecule has 1 saturated heterocycles. The van der Waals surface area contributed by atoms with Gasteiger partial charge in [0.1, 0.15) is 5.69 Å². The van der Waals surface area contributed by atoms with Crippen LogP contribution in [0.25, 0.3) is 0 Å². The van der Waals surface area contributed by atoms with Gasteiger partial charge < -0.3 is 4.90 Å². The fourth-order valence-electron chi connectivity index (χ4n) is 2.69. The lowest BCUT2D eigenvalue weighted by atomic mass is 10.1. The molecular weight excluding hydrogens is 212 g/mol. The van der Waals surface area contributed by atoms with Crippen LogP contribution in [0.15, 0.2) is 18.2 Å². The molecule has 1 aliphatic carbocycles. The second-order valence-electron chi connectivity index (χ2n) is 5.45. The lowest BCUT2D eigenvalue weighted by Crippen LogP contribution is -2.31. The number of likely N-dealkylation sites (tertiary alicyclic amines) is 1. The summed E-state index contributed by atoms with van der Waals surface area (Å²) in [5.74, 6) is 1.28. The number of nitrogens with zero attached hydrogens (tertiary/aromatic N) is 2. The van der Waals surface area contributed by atoms with Gasteiger partial charge in [-0.3, -0.25) is 4.79 Å². The Labute approximate surface area is 102 Å². The van der Waals surface area contributed by atoms with E-state index in [1.807, 2.05) is 23.1 Å². The van der Waals surface area contributed by atoms with Crippen molar-refractivity contribution in [3.05, 3.63) is 29.6 Å². The van der Waals surface area contributed by atoms with E-state index in [4.69, 9.17) is 0 Å². The van der Waals surface area contributed by atoms with Crippen LogP contribution in [0, 0.1) is 5.92 Å². The molecule has 2 aliphatic rings. The van der Waals surface area contributed by atoms with Crippen molar-refractivity contribution in [2.75, 3.05) is 6.54 Å². The van der Waals surface area contributed by atoms with E-state index in [9.17, 15) is 4.79 Å². The van der Waals surface area contributed by atoms with Gasteiger partial charge in [0.05, 0.1) is 0 Å². The van der Waals surface area contributed by atoms with Crippen molar-refractivity contribution in [3.63, 3.8) is 0 Å². The number of aromatic nitrogens is 1. The molecule has 90 valence electrons. The first-order valence-electron chi connectivity index (χ1n) is 6.44. The van der Waals surface area contributed by atoms with Crippen molar-refractivity contribution in [1.82, 2.24) is 9.88 Å². The highest BCUT2D eigenvalue weighted by atomic mass is 16.2. The molecule has 3 rings (SSSR count). The Balaban J connectivity index is 1.83. The molecule has 2 heterocycles. The predicted octanol–water partition coefficient (Wildman–Crippen LogP) is 2.44. The third-order valence-corrected chi connectivity index (χ3v) is 3.87. The van der Waals surface area contributed by atoms with Crippen LogP contribution in [0.5, 0.6) is 0 Å². The molecule has 0 bridgehead atoms. The zero-order valence-corrected chi connectivity index (χ0v) is 10.4. The Hall–Kier alpha value is -1.38. The van der Waals surface area contributed by atoms with Crippen LogP contribution in [0.4, 0.5) is 0 Å². The van der Waals surface area contributed by atoms with Gasteiger partial charge in [0.15, 0.2) is 0 Å². The highest BCUT2D eigenvalue weighted by Gasteiger charge is 2.49. The van der Waals surface area contributed by atoms with Crippen LogP contribution in [0.3, 0.4) is 0 Å². The average Bonchev–Trinajstić information content (AvgIpc) is 3.00. The summed E-state index contributed by atoms with van der Waals surface area (Å²) in [7, 11) is 0. The van der Waals surface area contributed by atoms with Gasteiger partial charge >= 0.3 is 0 Å².